The molecule has 2 aromatic rings. The first kappa shape index (κ1) is 20.2. The van der Waals surface area contributed by atoms with Gasteiger partial charge in [0.25, 0.3) is 15.8 Å². The van der Waals surface area contributed by atoms with Crippen molar-refractivity contribution in [3.63, 3.8) is 0 Å². The molecular formula is C19H28N6O3S. The lowest BCUT2D eigenvalue weighted by atomic mass is 10.1. The molecule has 3 heterocycles. The summed E-state index contributed by atoms with van der Waals surface area (Å²) in [7, 11) is -0.279. The number of nitrogens with one attached hydrogen (secondary N) is 1. The third kappa shape index (κ3) is 4.01. The minimum atomic E-state index is -3.38. The predicted octanol–water partition coefficient (Wildman–Crippen LogP) is 1.59. The number of aromatic nitrogens is 3. The number of piperidine rings is 1. The molecule has 2 aliphatic rings. The third-order valence-corrected chi connectivity index (χ3v) is 7.87. The van der Waals surface area contributed by atoms with Gasteiger partial charge in [0, 0.05) is 56.9 Å². The maximum atomic E-state index is 12.5. The number of hydrogen-bond donors (Lipinski definition) is 1. The van der Waals surface area contributed by atoms with Crippen LogP contribution in [0.25, 0.3) is 11.0 Å². The van der Waals surface area contributed by atoms with E-state index in [0.717, 1.165) is 31.1 Å². The Balaban J connectivity index is 1.52. The first-order valence-corrected chi connectivity index (χ1v) is 11.6. The second kappa shape index (κ2) is 8.00. The van der Waals surface area contributed by atoms with Crippen LogP contribution in [0.4, 0.5) is 5.95 Å². The third-order valence-electron chi connectivity index (χ3n) is 5.93. The van der Waals surface area contributed by atoms with Crippen LogP contribution in [0.15, 0.2) is 23.1 Å². The molecule has 0 spiro atoms. The fourth-order valence-electron chi connectivity index (χ4n) is 4.27. The van der Waals surface area contributed by atoms with E-state index in [0.29, 0.717) is 37.5 Å². The van der Waals surface area contributed by atoms with Crippen LogP contribution in [0.2, 0.25) is 0 Å². The first-order valence-electron chi connectivity index (χ1n) is 10.2. The maximum absolute atomic E-state index is 12.5. The molecule has 0 bridgehead atoms. The number of rotatable bonds is 5. The lowest BCUT2D eigenvalue weighted by Gasteiger charge is -2.33. The Labute approximate surface area is 170 Å². The van der Waals surface area contributed by atoms with Crippen LogP contribution in [0.5, 0.6) is 0 Å². The predicted molar refractivity (Wildman–Crippen MR) is 112 cm³/mol. The van der Waals surface area contributed by atoms with Crippen molar-refractivity contribution in [2.75, 3.05) is 32.5 Å². The fourth-order valence-corrected chi connectivity index (χ4v) is 5.40. The molecule has 1 saturated carbocycles. The summed E-state index contributed by atoms with van der Waals surface area (Å²) in [6, 6.07) is 3.67. The molecular weight excluding hydrogens is 392 g/mol. The van der Waals surface area contributed by atoms with Gasteiger partial charge in [0.05, 0.1) is 0 Å². The average molecular weight is 421 g/mol. The summed E-state index contributed by atoms with van der Waals surface area (Å²) in [4.78, 5) is 21.6. The van der Waals surface area contributed by atoms with Crippen molar-refractivity contribution in [3.05, 3.63) is 28.7 Å². The van der Waals surface area contributed by atoms with Crippen LogP contribution >= 0.6 is 0 Å². The number of hydrogen-bond acceptors (Lipinski definition) is 6. The lowest BCUT2D eigenvalue weighted by molar-refractivity contribution is 0.310. The highest BCUT2D eigenvalue weighted by Gasteiger charge is 2.30. The fraction of sp³-hybridized carbons (Fsp3) is 0.632. The number of nitrogens with zero attached hydrogens (tertiary/aromatic N) is 5. The van der Waals surface area contributed by atoms with E-state index >= 15 is 0 Å². The van der Waals surface area contributed by atoms with Gasteiger partial charge in [-0.2, -0.15) is 22.0 Å². The van der Waals surface area contributed by atoms with Gasteiger partial charge in [0.2, 0.25) is 5.95 Å². The van der Waals surface area contributed by atoms with Gasteiger partial charge in [-0.05, 0) is 31.7 Å². The molecule has 29 heavy (non-hydrogen) atoms. The molecule has 0 unspecified atom stereocenters. The zero-order valence-corrected chi connectivity index (χ0v) is 17.7. The molecule has 2 fully saturated rings. The van der Waals surface area contributed by atoms with E-state index in [9.17, 15) is 13.2 Å². The molecule has 2 aromatic heterocycles. The molecule has 10 heteroatoms. The number of pyridine rings is 1. The van der Waals surface area contributed by atoms with Crippen molar-refractivity contribution < 1.29 is 8.42 Å². The number of fused-ring (bicyclic) bond motifs is 1. The maximum Gasteiger partial charge on any atom is 0.281 e. The summed E-state index contributed by atoms with van der Waals surface area (Å²) in [6.45, 7) is 0.914. The molecule has 1 N–H and O–H groups in total. The molecule has 0 atom stereocenters. The van der Waals surface area contributed by atoms with Gasteiger partial charge >= 0.3 is 0 Å². The summed E-state index contributed by atoms with van der Waals surface area (Å²) >= 11 is 0. The van der Waals surface area contributed by atoms with E-state index in [-0.39, 0.29) is 17.6 Å². The summed E-state index contributed by atoms with van der Waals surface area (Å²) in [5.74, 6) is 0.490. The smallest absolute Gasteiger partial charge is 0.281 e. The van der Waals surface area contributed by atoms with E-state index < -0.39 is 10.2 Å². The highest BCUT2D eigenvalue weighted by atomic mass is 32.2. The van der Waals surface area contributed by atoms with Gasteiger partial charge in [0.15, 0.2) is 0 Å². The Morgan fingerprint density at radius 1 is 1.10 bits per heavy atom. The summed E-state index contributed by atoms with van der Waals surface area (Å²) in [5, 5.41) is 4.19. The SMILES string of the molecule is CN(C)S(=O)(=O)N1CCC(Nc2ncc3ccc(=O)n(C4CCCC4)c3n2)CC1. The molecule has 0 radical (unpaired) electrons. The van der Waals surface area contributed by atoms with E-state index in [1.165, 1.54) is 8.61 Å². The van der Waals surface area contributed by atoms with Crippen molar-refractivity contribution in [2.24, 2.45) is 0 Å². The molecule has 1 aliphatic heterocycles. The van der Waals surface area contributed by atoms with E-state index in [1.54, 1.807) is 32.4 Å². The summed E-state index contributed by atoms with van der Waals surface area (Å²) < 4.78 is 29.1. The Bertz CT molecular complexity index is 1040. The second-order valence-electron chi connectivity index (χ2n) is 8.06. The van der Waals surface area contributed by atoms with Crippen molar-refractivity contribution in [3.8, 4) is 0 Å². The monoisotopic (exact) mass is 420 g/mol. The van der Waals surface area contributed by atoms with Gasteiger partial charge in [-0.25, -0.2) is 4.98 Å². The van der Waals surface area contributed by atoms with Crippen molar-refractivity contribution in [2.45, 2.75) is 50.6 Å². The van der Waals surface area contributed by atoms with Crippen LogP contribution in [0.3, 0.4) is 0 Å². The molecule has 4 rings (SSSR count). The molecule has 1 aliphatic carbocycles. The van der Waals surface area contributed by atoms with Crippen LogP contribution in [0, 0.1) is 0 Å². The standard InChI is InChI=1S/C19H28N6O3S/c1-23(2)29(27,28)24-11-9-15(10-12-24)21-19-20-13-14-7-8-17(26)25(18(14)22-19)16-5-3-4-6-16/h7-8,13,15-16H,3-6,9-12H2,1-2H3,(H,20,21,22). The Morgan fingerprint density at radius 3 is 2.45 bits per heavy atom. The van der Waals surface area contributed by atoms with Crippen LogP contribution in [-0.4, -0.2) is 64.8 Å². The van der Waals surface area contributed by atoms with Crippen molar-refractivity contribution in [1.82, 2.24) is 23.1 Å². The molecule has 158 valence electrons. The Hall–Kier alpha value is -2.04. The normalized spacial score (nSPS) is 20.0. The molecule has 0 aromatic carbocycles. The summed E-state index contributed by atoms with van der Waals surface area (Å²) in [6.07, 6.45) is 7.39. The second-order valence-corrected chi connectivity index (χ2v) is 10.2. The van der Waals surface area contributed by atoms with E-state index in [4.69, 9.17) is 0 Å². The highest BCUT2D eigenvalue weighted by Crippen LogP contribution is 2.30. The zero-order valence-electron chi connectivity index (χ0n) is 16.9. The highest BCUT2D eigenvalue weighted by molar-refractivity contribution is 7.86. The Morgan fingerprint density at radius 2 is 1.79 bits per heavy atom. The van der Waals surface area contributed by atoms with Gasteiger partial charge < -0.3 is 5.32 Å². The average Bonchev–Trinajstić information content (AvgIpc) is 3.22. The quantitative estimate of drug-likeness (QED) is 0.788. The van der Waals surface area contributed by atoms with E-state index in [1.807, 2.05) is 4.57 Å². The first-order chi connectivity index (χ1) is 13.9. The van der Waals surface area contributed by atoms with Crippen molar-refractivity contribution >= 4 is 27.2 Å². The zero-order chi connectivity index (χ0) is 20.6. The number of anilines is 1. The minimum absolute atomic E-state index is 0.0174. The summed E-state index contributed by atoms with van der Waals surface area (Å²) in [5.41, 5.74) is 0.658. The van der Waals surface area contributed by atoms with Crippen LogP contribution < -0.4 is 10.9 Å². The van der Waals surface area contributed by atoms with Crippen molar-refractivity contribution in [1.29, 1.82) is 0 Å². The van der Waals surface area contributed by atoms with Gasteiger partial charge in [0.1, 0.15) is 5.65 Å². The minimum Gasteiger partial charge on any atom is -0.351 e. The molecule has 1 saturated heterocycles. The van der Waals surface area contributed by atoms with E-state index in [2.05, 4.69) is 15.3 Å². The van der Waals surface area contributed by atoms with Crippen LogP contribution in [0.1, 0.15) is 44.6 Å². The molecule has 9 nitrogen and oxygen atoms in total. The largest absolute Gasteiger partial charge is 0.351 e. The topological polar surface area (TPSA) is 100 Å². The lowest BCUT2D eigenvalue weighted by Crippen LogP contribution is -2.46. The van der Waals surface area contributed by atoms with Gasteiger partial charge in [-0.3, -0.25) is 9.36 Å². The van der Waals surface area contributed by atoms with Gasteiger partial charge in [-0.15, -0.1) is 0 Å². The molecule has 0 amide bonds. The van der Waals surface area contributed by atoms with Gasteiger partial charge in [-0.1, -0.05) is 12.8 Å². The Kier molecular flexibility index (Phi) is 5.58. The van der Waals surface area contributed by atoms with Crippen LogP contribution in [-0.2, 0) is 10.2 Å².